The fourth-order valence-corrected chi connectivity index (χ4v) is 3.91. The van der Waals surface area contributed by atoms with Crippen molar-refractivity contribution in [3.05, 3.63) is 66.2 Å². The van der Waals surface area contributed by atoms with Crippen LogP contribution in [0.2, 0.25) is 0 Å². The topological polar surface area (TPSA) is 23.6 Å². The largest absolute Gasteiger partial charge is 0.308 e. The fourth-order valence-electron chi connectivity index (χ4n) is 3.91. The number of amides is 1. The minimum Gasteiger partial charge on any atom is -0.308 e. The third kappa shape index (κ3) is 4.95. The lowest BCUT2D eigenvalue weighted by Crippen LogP contribution is -2.50. The molecule has 0 spiro atoms. The molecular weight excluding hydrogens is 320 g/mol. The van der Waals surface area contributed by atoms with Crippen molar-refractivity contribution in [2.24, 2.45) is 0 Å². The highest BCUT2D eigenvalue weighted by Gasteiger charge is 2.28. The maximum atomic E-state index is 12.6. The summed E-state index contributed by atoms with van der Waals surface area (Å²) in [5, 5.41) is 0. The Morgan fingerprint density at radius 2 is 1.77 bits per heavy atom. The number of para-hydroxylation sites is 1. The summed E-state index contributed by atoms with van der Waals surface area (Å²) >= 11 is 0. The summed E-state index contributed by atoms with van der Waals surface area (Å²) in [5.74, 6) is 0.229. The van der Waals surface area contributed by atoms with E-state index < -0.39 is 0 Å². The molecule has 1 amide bonds. The molecule has 1 fully saturated rings. The highest BCUT2D eigenvalue weighted by Crippen LogP contribution is 2.24. The van der Waals surface area contributed by atoms with Crippen LogP contribution in [0.4, 0.5) is 5.69 Å². The Hall–Kier alpha value is -2.13. The average molecular weight is 351 g/mol. The van der Waals surface area contributed by atoms with Gasteiger partial charge in [0.05, 0.1) is 0 Å². The van der Waals surface area contributed by atoms with Gasteiger partial charge >= 0.3 is 0 Å². The average Bonchev–Trinajstić information content (AvgIpc) is 2.70. The minimum atomic E-state index is 0.229. The maximum Gasteiger partial charge on any atom is 0.227 e. The van der Waals surface area contributed by atoms with Gasteiger partial charge in [0.1, 0.15) is 0 Å². The molecule has 0 bridgehead atoms. The molecule has 2 aromatic rings. The quantitative estimate of drug-likeness (QED) is 0.732. The zero-order chi connectivity index (χ0) is 18.2. The Balaban J connectivity index is 1.59. The summed E-state index contributed by atoms with van der Waals surface area (Å²) in [4.78, 5) is 17.2. The number of likely N-dealkylation sites (tertiary alicyclic amines) is 1. The monoisotopic (exact) mass is 350 g/mol. The second-order valence-corrected chi connectivity index (χ2v) is 7.14. The van der Waals surface area contributed by atoms with Gasteiger partial charge in [-0.15, -0.1) is 0 Å². The third-order valence-electron chi connectivity index (χ3n) is 5.23. The Kier molecular flexibility index (Phi) is 6.84. The van der Waals surface area contributed by atoms with Crippen molar-refractivity contribution in [2.45, 2.75) is 45.1 Å². The van der Waals surface area contributed by atoms with Crippen LogP contribution in [-0.4, -0.2) is 36.5 Å². The predicted octanol–water partition coefficient (Wildman–Crippen LogP) is 4.53. The van der Waals surface area contributed by atoms with Crippen molar-refractivity contribution in [1.29, 1.82) is 0 Å². The van der Waals surface area contributed by atoms with Gasteiger partial charge in [0, 0.05) is 24.7 Å². The highest BCUT2D eigenvalue weighted by atomic mass is 16.2. The van der Waals surface area contributed by atoms with Crippen LogP contribution in [0.3, 0.4) is 0 Å². The van der Waals surface area contributed by atoms with Crippen LogP contribution in [0.25, 0.3) is 0 Å². The Morgan fingerprint density at radius 1 is 1.08 bits per heavy atom. The predicted molar refractivity (Wildman–Crippen MR) is 108 cm³/mol. The van der Waals surface area contributed by atoms with E-state index >= 15 is 0 Å². The minimum absolute atomic E-state index is 0.229. The van der Waals surface area contributed by atoms with E-state index in [4.69, 9.17) is 0 Å². The first-order chi connectivity index (χ1) is 12.8. The van der Waals surface area contributed by atoms with E-state index in [0.717, 1.165) is 44.6 Å². The van der Waals surface area contributed by atoms with Gasteiger partial charge in [-0.25, -0.2) is 0 Å². The van der Waals surface area contributed by atoms with Crippen molar-refractivity contribution in [3.63, 3.8) is 0 Å². The molecule has 138 valence electrons. The van der Waals surface area contributed by atoms with Crippen LogP contribution in [0, 0.1) is 0 Å². The summed E-state index contributed by atoms with van der Waals surface area (Å²) in [6.07, 6.45) is 5.10. The van der Waals surface area contributed by atoms with Crippen LogP contribution < -0.4 is 4.90 Å². The molecule has 0 saturated carbocycles. The first-order valence-electron chi connectivity index (χ1n) is 9.91. The molecule has 3 rings (SSSR count). The van der Waals surface area contributed by atoms with Gasteiger partial charge in [-0.3, -0.25) is 4.79 Å². The number of carbonyl (C=O) groups is 1. The van der Waals surface area contributed by atoms with E-state index in [9.17, 15) is 4.79 Å². The summed E-state index contributed by atoms with van der Waals surface area (Å²) in [6.45, 7) is 5.19. The van der Waals surface area contributed by atoms with Crippen LogP contribution >= 0.6 is 0 Å². The summed E-state index contributed by atoms with van der Waals surface area (Å²) in [6, 6.07) is 21.2. The van der Waals surface area contributed by atoms with Crippen LogP contribution in [0.15, 0.2) is 60.7 Å². The Morgan fingerprint density at radius 3 is 2.46 bits per heavy atom. The molecular formula is C23H30N2O. The maximum absolute atomic E-state index is 12.6. The normalized spacial score (nSPS) is 17.8. The number of hydrogen-bond donors (Lipinski definition) is 0. The standard InChI is InChI=1S/C23H30N2O/c1-2-23(26)25(21-14-7-4-8-15-21)22-16-10-18-24(19-22)17-9-13-20-11-5-3-6-12-20/h3-8,11-12,14-15,22H,2,9-10,13,16-19H2,1H3. The van der Waals surface area contributed by atoms with E-state index in [2.05, 4.69) is 47.4 Å². The van der Waals surface area contributed by atoms with E-state index in [1.807, 2.05) is 30.0 Å². The Bertz CT molecular complexity index is 671. The molecule has 2 aromatic carbocycles. The van der Waals surface area contributed by atoms with Crippen molar-refractivity contribution in [1.82, 2.24) is 4.90 Å². The number of piperidine rings is 1. The number of aryl methyl sites for hydroxylation is 1. The van der Waals surface area contributed by atoms with Crippen LogP contribution in [0.1, 0.15) is 38.2 Å². The number of anilines is 1. The summed E-state index contributed by atoms with van der Waals surface area (Å²) < 4.78 is 0. The van der Waals surface area contributed by atoms with E-state index in [-0.39, 0.29) is 11.9 Å². The lowest BCUT2D eigenvalue weighted by atomic mass is 10.0. The molecule has 1 aliphatic heterocycles. The first-order valence-corrected chi connectivity index (χ1v) is 9.91. The lowest BCUT2D eigenvalue weighted by molar-refractivity contribution is -0.119. The molecule has 1 unspecified atom stereocenters. The molecule has 1 saturated heterocycles. The molecule has 1 heterocycles. The van der Waals surface area contributed by atoms with E-state index in [1.54, 1.807) is 0 Å². The van der Waals surface area contributed by atoms with Gasteiger partial charge in [0.15, 0.2) is 0 Å². The molecule has 3 nitrogen and oxygen atoms in total. The van der Waals surface area contributed by atoms with Gasteiger partial charge in [-0.05, 0) is 56.5 Å². The van der Waals surface area contributed by atoms with Gasteiger partial charge in [-0.2, -0.15) is 0 Å². The van der Waals surface area contributed by atoms with Crippen LogP contribution in [0.5, 0.6) is 0 Å². The molecule has 0 N–H and O–H groups in total. The van der Waals surface area contributed by atoms with Crippen molar-refractivity contribution in [2.75, 3.05) is 24.5 Å². The zero-order valence-electron chi connectivity index (χ0n) is 15.8. The number of benzene rings is 2. The van der Waals surface area contributed by atoms with Gasteiger partial charge < -0.3 is 9.80 Å². The number of hydrogen-bond acceptors (Lipinski definition) is 2. The molecule has 0 radical (unpaired) electrons. The number of rotatable bonds is 7. The van der Waals surface area contributed by atoms with E-state index in [0.29, 0.717) is 6.42 Å². The van der Waals surface area contributed by atoms with Crippen LogP contribution in [-0.2, 0) is 11.2 Å². The van der Waals surface area contributed by atoms with Crippen molar-refractivity contribution >= 4 is 11.6 Å². The van der Waals surface area contributed by atoms with Crippen molar-refractivity contribution in [3.8, 4) is 0 Å². The fraction of sp³-hybridized carbons (Fsp3) is 0.435. The molecule has 0 aliphatic carbocycles. The number of carbonyl (C=O) groups excluding carboxylic acids is 1. The molecule has 0 aromatic heterocycles. The molecule has 1 atom stereocenters. The number of nitrogens with zero attached hydrogens (tertiary/aromatic N) is 2. The first kappa shape index (κ1) is 18.7. The smallest absolute Gasteiger partial charge is 0.227 e. The summed E-state index contributed by atoms with van der Waals surface area (Å²) in [7, 11) is 0. The second kappa shape index (κ2) is 9.54. The third-order valence-corrected chi connectivity index (χ3v) is 5.23. The van der Waals surface area contributed by atoms with Crippen molar-refractivity contribution < 1.29 is 4.79 Å². The lowest BCUT2D eigenvalue weighted by Gasteiger charge is -2.39. The molecule has 26 heavy (non-hydrogen) atoms. The SMILES string of the molecule is CCC(=O)N(c1ccccc1)C1CCCN(CCCc2ccccc2)C1. The second-order valence-electron chi connectivity index (χ2n) is 7.14. The van der Waals surface area contributed by atoms with Gasteiger partial charge in [0.25, 0.3) is 0 Å². The highest BCUT2D eigenvalue weighted by molar-refractivity contribution is 5.93. The molecule has 1 aliphatic rings. The summed E-state index contributed by atoms with van der Waals surface area (Å²) in [5.41, 5.74) is 2.45. The van der Waals surface area contributed by atoms with Gasteiger partial charge in [-0.1, -0.05) is 55.5 Å². The van der Waals surface area contributed by atoms with E-state index in [1.165, 1.54) is 12.0 Å². The Labute approximate surface area is 157 Å². The zero-order valence-corrected chi connectivity index (χ0v) is 15.8. The van der Waals surface area contributed by atoms with Gasteiger partial charge in [0.2, 0.25) is 5.91 Å². The molecule has 3 heteroatoms.